The van der Waals surface area contributed by atoms with E-state index >= 15 is 0 Å². The molecule has 0 bridgehead atoms. The van der Waals surface area contributed by atoms with Gasteiger partial charge in [0.2, 0.25) is 0 Å². The van der Waals surface area contributed by atoms with E-state index in [0.717, 1.165) is 0 Å². The zero-order chi connectivity index (χ0) is 17.5. The number of aryl methyl sites for hydroxylation is 1. The van der Waals surface area contributed by atoms with E-state index in [1.54, 1.807) is 0 Å². The van der Waals surface area contributed by atoms with Gasteiger partial charge < -0.3 is 0 Å². The molecule has 1 aliphatic rings. The molecule has 2 aromatic carbocycles. The van der Waals surface area contributed by atoms with Gasteiger partial charge in [-0.25, -0.2) is 0 Å². The molecule has 0 aliphatic heterocycles. The van der Waals surface area contributed by atoms with Gasteiger partial charge in [-0.3, -0.25) is 0 Å². The Morgan fingerprint density at radius 2 is 1.75 bits per heavy atom. The summed E-state index contributed by atoms with van der Waals surface area (Å²) < 4.78 is 0. The van der Waals surface area contributed by atoms with Crippen LogP contribution >= 0.6 is 0 Å². The van der Waals surface area contributed by atoms with E-state index in [9.17, 15) is 0 Å². The zero-order valence-electron chi connectivity index (χ0n) is 15.4. The van der Waals surface area contributed by atoms with Crippen LogP contribution in [0.1, 0.15) is 43.0 Å². The van der Waals surface area contributed by atoms with Gasteiger partial charge in [0.25, 0.3) is 0 Å². The Kier molecular flexibility index (Phi) is 4.09. The third kappa shape index (κ3) is 2.38. The van der Waals surface area contributed by atoms with Crippen LogP contribution < -0.4 is 0 Å². The van der Waals surface area contributed by atoms with Crippen molar-refractivity contribution < 1.29 is 0 Å². The maximum atomic E-state index is 4.05. The van der Waals surface area contributed by atoms with Crippen LogP contribution in [0.3, 0.4) is 0 Å². The lowest BCUT2D eigenvalue weighted by Gasteiger charge is -2.23. The van der Waals surface area contributed by atoms with Crippen LogP contribution in [0.2, 0.25) is 0 Å². The van der Waals surface area contributed by atoms with Crippen LogP contribution in [0.4, 0.5) is 0 Å². The summed E-state index contributed by atoms with van der Waals surface area (Å²) in [6.07, 6.45) is 6.35. The van der Waals surface area contributed by atoms with Gasteiger partial charge in [-0.05, 0) is 71.4 Å². The van der Waals surface area contributed by atoms with Crippen molar-refractivity contribution in [2.75, 3.05) is 0 Å². The summed E-state index contributed by atoms with van der Waals surface area (Å²) in [6.45, 7) is 15.1. The van der Waals surface area contributed by atoms with Crippen LogP contribution in [-0.2, 0) is 5.41 Å². The van der Waals surface area contributed by atoms with Crippen LogP contribution in [0, 0.1) is 13.8 Å². The van der Waals surface area contributed by atoms with Crippen LogP contribution in [0.15, 0.2) is 66.8 Å². The minimum absolute atomic E-state index is 0.000886. The Bertz CT molecular complexity index is 873. The molecule has 1 aliphatic carbocycles. The Labute approximate surface area is 146 Å². The third-order valence-electron chi connectivity index (χ3n) is 5.40. The van der Waals surface area contributed by atoms with Gasteiger partial charge in [-0.15, -0.1) is 0 Å². The minimum Gasteiger partial charge on any atom is -0.0984 e. The summed E-state index contributed by atoms with van der Waals surface area (Å²) in [7, 11) is 0. The highest BCUT2D eigenvalue weighted by Crippen LogP contribution is 2.48. The first kappa shape index (κ1) is 16.5. The Morgan fingerprint density at radius 3 is 2.42 bits per heavy atom. The van der Waals surface area contributed by atoms with E-state index in [1.807, 2.05) is 6.08 Å². The molecule has 24 heavy (non-hydrogen) atoms. The number of fused-ring (bicyclic) bond motifs is 1. The second-order valence-corrected chi connectivity index (χ2v) is 7.16. The molecule has 122 valence electrons. The van der Waals surface area contributed by atoms with Crippen molar-refractivity contribution >= 4 is 5.57 Å². The summed E-state index contributed by atoms with van der Waals surface area (Å²) in [5.74, 6) is 0. The minimum atomic E-state index is -0.000886. The largest absolute Gasteiger partial charge is 0.0984 e. The second kappa shape index (κ2) is 5.94. The summed E-state index contributed by atoms with van der Waals surface area (Å²) in [6, 6.07) is 13.4. The molecule has 0 spiro atoms. The van der Waals surface area contributed by atoms with Crippen molar-refractivity contribution in [2.45, 2.75) is 40.0 Å². The van der Waals surface area contributed by atoms with Gasteiger partial charge in [0, 0.05) is 5.41 Å². The van der Waals surface area contributed by atoms with Crippen molar-refractivity contribution in [3.63, 3.8) is 0 Å². The van der Waals surface area contributed by atoms with Crippen molar-refractivity contribution in [3.05, 3.63) is 89.0 Å². The molecule has 0 N–H and O–H groups in total. The maximum Gasteiger partial charge on any atom is 0.0158 e. The fourth-order valence-electron chi connectivity index (χ4n) is 3.84. The second-order valence-electron chi connectivity index (χ2n) is 7.16. The summed E-state index contributed by atoms with van der Waals surface area (Å²) in [5, 5.41) is 0. The molecule has 0 nitrogen and oxygen atoms in total. The molecule has 0 saturated carbocycles. The first-order chi connectivity index (χ1) is 11.4. The zero-order valence-corrected chi connectivity index (χ0v) is 15.4. The topological polar surface area (TPSA) is 0 Å². The molecule has 3 rings (SSSR count). The molecule has 0 aromatic heterocycles. The molecule has 0 radical (unpaired) electrons. The van der Waals surface area contributed by atoms with E-state index in [0.29, 0.717) is 0 Å². The fourth-order valence-corrected chi connectivity index (χ4v) is 3.84. The van der Waals surface area contributed by atoms with Gasteiger partial charge in [-0.1, -0.05) is 69.0 Å². The fraction of sp³-hybridized carbons (Fsp3) is 0.250. The number of hydrogen-bond acceptors (Lipinski definition) is 0. The number of benzene rings is 2. The van der Waals surface area contributed by atoms with Gasteiger partial charge in [0.05, 0.1) is 0 Å². The van der Waals surface area contributed by atoms with Gasteiger partial charge >= 0.3 is 0 Å². The molecule has 0 unspecified atom stereocenters. The van der Waals surface area contributed by atoms with Crippen molar-refractivity contribution in [1.82, 2.24) is 0 Å². The van der Waals surface area contributed by atoms with Gasteiger partial charge in [-0.2, -0.15) is 0 Å². The lowest BCUT2D eigenvalue weighted by Crippen LogP contribution is -2.16. The third-order valence-corrected chi connectivity index (χ3v) is 5.40. The quantitative estimate of drug-likeness (QED) is 0.586. The lowest BCUT2D eigenvalue weighted by atomic mass is 9.80. The molecule has 2 aromatic rings. The monoisotopic (exact) mass is 314 g/mol. The highest BCUT2D eigenvalue weighted by atomic mass is 14.4. The van der Waals surface area contributed by atoms with E-state index in [1.165, 1.54) is 44.5 Å². The van der Waals surface area contributed by atoms with E-state index in [2.05, 4.69) is 89.7 Å². The summed E-state index contributed by atoms with van der Waals surface area (Å²) in [5.41, 5.74) is 10.7. The summed E-state index contributed by atoms with van der Waals surface area (Å²) >= 11 is 0. The molecular weight excluding hydrogens is 288 g/mol. The van der Waals surface area contributed by atoms with E-state index < -0.39 is 0 Å². The van der Waals surface area contributed by atoms with Crippen LogP contribution in [-0.4, -0.2) is 0 Å². The van der Waals surface area contributed by atoms with Crippen molar-refractivity contribution in [2.24, 2.45) is 0 Å². The summed E-state index contributed by atoms with van der Waals surface area (Å²) in [4.78, 5) is 0. The van der Waals surface area contributed by atoms with Crippen LogP contribution in [0.5, 0.6) is 0 Å². The molecule has 0 amide bonds. The number of hydrogen-bond donors (Lipinski definition) is 0. The number of allylic oxidation sites excluding steroid dienone is 5. The molecule has 0 saturated heterocycles. The smallest absolute Gasteiger partial charge is 0.0158 e. The standard InChI is InChI=1S/C24H26/c1-7-10-22-19(8-2)21-14-13-18(15-23(21)24(22,5)6)20-12-9-11-16(3)17(20)4/h7-15H,2H2,1,3-6H3/b10-7-. The van der Waals surface area contributed by atoms with Gasteiger partial charge in [0.1, 0.15) is 0 Å². The first-order valence-corrected chi connectivity index (χ1v) is 8.63. The van der Waals surface area contributed by atoms with Crippen molar-refractivity contribution in [3.8, 4) is 11.1 Å². The Morgan fingerprint density at radius 1 is 1.00 bits per heavy atom. The van der Waals surface area contributed by atoms with Gasteiger partial charge in [0.15, 0.2) is 0 Å². The van der Waals surface area contributed by atoms with Crippen LogP contribution in [0.25, 0.3) is 16.7 Å². The first-order valence-electron chi connectivity index (χ1n) is 8.63. The van der Waals surface area contributed by atoms with Crippen molar-refractivity contribution in [1.29, 1.82) is 0 Å². The molecular formula is C24H26. The average Bonchev–Trinajstić information content (AvgIpc) is 2.77. The van der Waals surface area contributed by atoms with E-state index in [4.69, 9.17) is 0 Å². The normalized spacial score (nSPS) is 15.9. The highest BCUT2D eigenvalue weighted by Gasteiger charge is 2.35. The Hall–Kier alpha value is -2.34. The molecule has 0 atom stereocenters. The number of rotatable bonds is 3. The highest BCUT2D eigenvalue weighted by molar-refractivity contribution is 5.89. The predicted molar refractivity (Wildman–Crippen MR) is 106 cm³/mol. The predicted octanol–water partition coefficient (Wildman–Crippen LogP) is 6.78. The molecule has 0 heteroatoms. The SMILES string of the molecule is C=CC1=C(/C=C\C)C(C)(C)c2cc(-c3cccc(C)c3C)ccc21. The average molecular weight is 314 g/mol. The maximum absolute atomic E-state index is 4.05. The lowest BCUT2D eigenvalue weighted by molar-refractivity contribution is 0.654. The van der Waals surface area contributed by atoms with E-state index in [-0.39, 0.29) is 5.41 Å². The Balaban J connectivity index is 2.21. The molecule has 0 fully saturated rings. The molecule has 0 heterocycles.